The van der Waals surface area contributed by atoms with Crippen LogP contribution >= 0.6 is 0 Å². The highest BCUT2D eigenvalue weighted by atomic mass is 16.2. The normalized spacial score (nSPS) is 20.5. The van der Waals surface area contributed by atoms with E-state index in [1.807, 2.05) is 0 Å². The monoisotopic (exact) mass is 329 g/mol. The van der Waals surface area contributed by atoms with Crippen molar-refractivity contribution in [1.82, 2.24) is 15.1 Å². The highest BCUT2D eigenvalue weighted by molar-refractivity contribution is 6.21. The Labute approximate surface area is 141 Å². The van der Waals surface area contributed by atoms with E-state index in [4.69, 9.17) is 0 Å². The van der Waals surface area contributed by atoms with Crippen molar-refractivity contribution < 1.29 is 14.4 Å². The smallest absolute Gasteiger partial charge is 0.261 e. The van der Waals surface area contributed by atoms with Crippen molar-refractivity contribution in [3.05, 3.63) is 35.4 Å². The molecule has 0 aliphatic carbocycles. The highest BCUT2D eigenvalue weighted by Gasteiger charge is 2.34. The van der Waals surface area contributed by atoms with Gasteiger partial charge in [-0.25, -0.2) is 0 Å². The lowest BCUT2D eigenvalue weighted by atomic mass is 10.1. The highest BCUT2D eigenvalue weighted by Crippen LogP contribution is 2.22. The van der Waals surface area contributed by atoms with Crippen molar-refractivity contribution in [2.75, 3.05) is 33.2 Å². The summed E-state index contributed by atoms with van der Waals surface area (Å²) in [6, 6.07) is 6.84. The Bertz CT molecular complexity index is 624. The van der Waals surface area contributed by atoms with E-state index < -0.39 is 0 Å². The first-order valence-electron chi connectivity index (χ1n) is 8.46. The summed E-state index contributed by atoms with van der Waals surface area (Å²) in [7, 11) is 2.09. The Morgan fingerprint density at radius 1 is 1.21 bits per heavy atom. The van der Waals surface area contributed by atoms with Crippen LogP contribution in [0.25, 0.3) is 0 Å². The third-order valence-electron chi connectivity index (χ3n) is 4.74. The molecule has 0 radical (unpaired) electrons. The van der Waals surface area contributed by atoms with Gasteiger partial charge in [0.15, 0.2) is 0 Å². The second-order valence-electron chi connectivity index (χ2n) is 6.63. The average molecular weight is 329 g/mol. The zero-order chi connectivity index (χ0) is 17.1. The largest absolute Gasteiger partial charge is 0.356 e. The number of likely N-dealkylation sites (tertiary alicyclic amines) is 1. The van der Waals surface area contributed by atoms with Gasteiger partial charge in [0.05, 0.1) is 11.1 Å². The molecule has 1 unspecified atom stereocenters. The fraction of sp³-hybridized carbons (Fsp3) is 0.500. The van der Waals surface area contributed by atoms with Gasteiger partial charge in [-0.05, 0) is 44.5 Å². The minimum absolute atomic E-state index is 0.0128. The van der Waals surface area contributed by atoms with Crippen LogP contribution in [0.2, 0.25) is 0 Å². The SMILES string of the molecule is CN1CCC(CNC(=O)CCCN2C(=O)c3ccccc3C2=O)C1. The van der Waals surface area contributed by atoms with Gasteiger partial charge in [0.1, 0.15) is 0 Å². The summed E-state index contributed by atoms with van der Waals surface area (Å²) in [6.45, 7) is 3.09. The Kier molecular flexibility index (Phi) is 4.94. The van der Waals surface area contributed by atoms with Crippen LogP contribution in [0.3, 0.4) is 0 Å². The molecule has 128 valence electrons. The van der Waals surface area contributed by atoms with E-state index >= 15 is 0 Å². The number of carbonyl (C=O) groups is 3. The maximum atomic E-state index is 12.2. The van der Waals surface area contributed by atoms with Gasteiger partial charge in [-0.3, -0.25) is 19.3 Å². The molecule has 24 heavy (non-hydrogen) atoms. The van der Waals surface area contributed by atoms with E-state index in [0.717, 1.165) is 19.5 Å². The fourth-order valence-corrected chi connectivity index (χ4v) is 3.38. The molecule has 0 saturated carbocycles. The van der Waals surface area contributed by atoms with Crippen LogP contribution in [-0.4, -0.2) is 60.7 Å². The number of hydrogen-bond donors (Lipinski definition) is 1. The molecule has 1 fully saturated rings. The molecule has 6 heteroatoms. The van der Waals surface area contributed by atoms with E-state index in [-0.39, 0.29) is 24.3 Å². The number of fused-ring (bicyclic) bond motifs is 1. The summed E-state index contributed by atoms with van der Waals surface area (Å²) in [6.07, 6.45) is 1.93. The molecule has 6 nitrogen and oxygen atoms in total. The summed E-state index contributed by atoms with van der Waals surface area (Å²) in [4.78, 5) is 39.9. The Hall–Kier alpha value is -2.21. The van der Waals surface area contributed by atoms with Gasteiger partial charge in [0.2, 0.25) is 5.91 Å². The molecule has 3 amide bonds. The number of amides is 3. The molecule has 3 rings (SSSR count). The summed E-state index contributed by atoms with van der Waals surface area (Å²) >= 11 is 0. The van der Waals surface area contributed by atoms with Gasteiger partial charge in [-0.2, -0.15) is 0 Å². The molecule has 0 aromatic heterocycles. The number of carbonyl (C=O) groups excluding carboxylic acids is 3. The third kappa shape index (κ3) is 3.48. The van der Waals surface area contributed by atoms with Crippen LogP contribution < -0.4 is 5.32 Å². The van der Waals surface area contributed by atoms with Gasteiger partial charge in [-0.15, -0.1) is 0 Å². The number of rotatable bonds is 6. The van der Waals surface area contributed by atoms with Crippen LogP contribution in [0.5, 0.6) is 0 Å². The quantitative estimate of drug-likeness (QED) is 0.795. The Balaban J connectivity index is 1.41. The predicted octanol–water partition coefficient (Wildman–Crippen LogP) is 1.13. The van der Waals surface area contributed by atoms with Crippen LogP contribution in [0.1, 0.15) is 40.0 Å². The topological polar surface area (TPSA) is 69.7 Å². The predicted molar refractivity (Wildman–Crippen MR) is 89.7 cm³/mol. The average Bonchev–Trinajstić information content (AvgIpc) is 3.10. The molecule has 1 N–H and O–H groups in total. The van der Waals surface area contributed by atoms with Crippen LogP contribution in [0.15, 0.2) is 24.3 Å². The molecular formula is C18H23N3O3. The van der Waals surface area contributed by atoms with Crippen molar-refractivity contribution in [3.8, 4) is 0 Å². The minimum atomic E-state index is -0.259. The number of nitrogens with zero attached hydrogens (tertiary/aromatic N) is 2. The molecule has 1 saturated heterocycles. The summed E-state index contributed by atoms with van der Waals surface area (Å²) in [5.41, 5.74) is 0.912. The van der Waals surface area contributed by atoms with Gasteiger partial charge in [-0.1, -0.05) is 12.1 Å². The maximum absolute atomic E-state index is 12.2. The van der Waals surface area contributed by atoms with Gasteiger partial charge in [0.25, 0.3) is 11.8 Å². The molecule has 2 aliphatic heterocycles. The van der Waals surface area contributed by atoms with E-state index in [2.05, 4.69) is 17.3 Å². The van der Waals surface area contributed by atoms with Crippen molar-refractivity contribution >= 4 is 17.7 Å². The van der Waals surface area contributed by atoms with Crippen LogP contribution in [0, 0.1) is 5.92 Å². The number of hydrogen-bond acceptors (Lipinski definition) is 4. The molecule has 1 aromatic carbocycles. The van der Waals surface area contributed by atoms with Gasteiger partial charge < -0.3 is 10.2 Å². The standard InChI is InChI=1S/C18H23N3O3/c1-20-10-8-13(12-20)11-19-16(22)7-4-9-21-17(23)14-5-2-3-6-15(14)18(21)24/h2-3,5-6,13H,4,7-12H2,1H3,(H,19,22). The first-order valence-corrected chi connectivity index (χ1v) is 8.46. The second-order valence-corrected chi connectivity index (χ2v) is 6.63. The number of benzene rings is 1. The molecule has 0 spiro atoms. The van der Waals surface area contributed by atoms with Gasteiger partial charge >= 0.3 is 0 Å². The summed E-state index contributed by atoms with van der Waals surface area (Å²) < 4.78 is 0. The van der Waals surface area contributed by atoms with Crippen molar-refractivity contribution in [2.24, 2.45) is 5.92 Å². The van der Waals surface area contributed by atoms with Gasteiger partial charge in [0, 0.05) is 26.1 Å². The van der Waals surface area contributed by atoms with Crippen LogP contribution in [-0.2, 0) is 4.79 Å². The Morgan fingerprint density at radius 2 is 1.88 bits per heavy atom. The zero-order valence-electron chi connectivity index (χ0n) is 14.0. The van der Waals surface area contributed by atoms with Crippen molar-refractivity contribution in [2.45, 2.75) is 19.3 Å². The fourth-order valence-electron chi connectivity index (χ4n) is 3.38. The molecule has 2 aliphatic rings. The molecule has 1 aromatic rings. The molecular weight excluding hydrogens is 306 g/mol. The molecule has 1 atom stereocenters. The molecule has 0 bridgehead atoms. The first kappa shape index (κ1) is 16.6. The van der Waals surface area contributed by atoms with Crippen molar-refractivity contribution in [1.29, 1.82) is 0 Å². The van der Waals surface area contributed by atoms with Crippen molar-refractivity contribution in [3.63, 3.8) is 0 Å². The van der Waals surface area contributed by atoms with E-state index in [0.29, 0.717) is 36.4 Å². The minimum Gasteiger partial charge on any atom is -0.356 e. The summed E-state index contributed by atoms with van der Waals surface area (Å²) in [5.74, 6) is -0.00801. The number of imide groups is 1. The Morgan fingerprint density at radius 3 is 2.46 bits per heavy atom. The second kappa shape index (κ2) is 7.13. The zero-order valence-corrected chi connectivity index (χ0v) is 14.0. The first-order chi connectivity index (χ1) is 11.6. The number of nitrogens with one attached hydrogen (secondary N) is 1. The lowest BCUT2D eigenvalue weighted by molar-refractivity contribution is -0.121. The van der Waals surface area contributed by atoms with E-state index in [1.165, 1.54) is 4.90 Å². The van der Waals surface area contributed by atoms with E-state index in [9.17, 15) is 14.4 Å². The summed E-state index contributed by atoms with van der Waals surface area (Å²) in [5, 5.41) is 2.96. The van der Waals surface area contributed by atoms with Crippen LogP contribution in [0.4, 0.5) is 0 Å². The maximum Gasteiger partial charge on any atom is 0.261 e. The lowest BCUT2D eigenvalue weighted by Gasteiger charge is -2.14. The molecule has 2 heterocycles. The van der Waals surface area contributed by atoms with E-state index in [1.54, 1.807) is 24.3 Å². The lowest BCUT2D eigenvalue weighted by Crippen LogP contribution is -2.33. The third-order valence-corrected chi connectivity index (χ3v) is 4.74.